The smallest absolute Gasteiger partial charge is 0.123 e. The molecule has 0 spiro atoms. The second-order valence-corrected chi connectivity index (χ2v) is 4.89. The Bertz CT molecular complexity index is 740. The summed E-state index contributed by atoms with van der Waals surface area (Å²) in [6, 6.07) is 16.6. The minimum absolute atomic E-state index is 0.243. The predicted octanol–water partition coefficient (Wildman–Crippen LogP) is 4.94. The summed E-state index contributed by atoms with van der Waals surface area (Å²) in [4.78, 5) is 4.66. The number of pyridine rings is 1. The summed E-state index contributed by atoms with van der Waals surface area (Å²) >= 11 is 3.48. The van der Waals surface area contributed by atoms with Crippen LogP contribution in [0, 0.1) is 5.82 Å². The van der Waals surface area contributed by atoms with Crippen molar-refractivity contribution in [2.45, 2.75) is 5.33 Å². The van der Waals surface area contributed by atoms with Gasteiger partial charge in [0.15, 0.2) is 0 Å². The van der Waals surface area contributed by atoms with E-state index in [-0.39, 0.29) is 5.82 Å². The van der Waals surface area contributed by atoms with Crippen molar-refractivity contribution in [3.8, 4) is 11.3 Å². The van der Waals surface area contributed by atoms with Crippen LogP contribution in [0.2, 0.25) is 0 Å². The zero-order valence-corrected chi connectivity index (χ0v) is 11.7. The van der Waals surface area contributed by atoms with Crippen LogP contribution < -0.4 is 0 Å². The molecule has 0 aliphatic heterocycles. The van der Waals surface area contributed by atoms with Gasteiger partial charge in [-0.15, -0.1) is 0 Å². The van der Waals surface area contributed by atoms with Crippen LogP contribution in [0.1, 0.15) is 5.56 Å². The van der Waals surface area contributed by atoms with Crippen molar-refractivity contribution < 1.29 is 4.39 Å². The first kappa shape index (κ1) is 12.3. The highest BCUT2D eigenvalue weighted by atomic mass is 79.9. The Morgan fingerprint density at radius 1 is 1.00 bits per heavy atom. The van der Waals surface area contributed by atoms with E-state index >= 15 is 0 Å². The Hall–Kier alpha value is -1.74. The lowest BCUT2D eigenvalue weighted by Gasteiger charge is -2.09. The van der Waals surface area contributed by atoms with E-state index in [0.717, 1.165) is 27.7 Å². The molecule has 1 heterocycles. The summed E-state index contributed by atoms with van der Waals surface area (Å²) in [7, 11) is 0. The van der Waals surface area contributed by atoms with Crippen LogP contribution in [0.25, 0.3) is 22.2 Å². The van der Waals surface area contributed by atoms with E-state index in [4.69, 9.17) is 0 Å². The number of aromatic nitrogens is 1. The van der Waals surface area contributed by atoms with Crippen molar-refractivity contribution in [1.82, 2.24) is 4.98 Å². The van der Waals surface area contributed by atoms with Crippen molar-refractivity contribution >= 4 is 26.8 Å². The highest BCUT2D eigenvalue weighted by molar-refractivity contribution is 9.08. The third-order valence-electron chi connectivity index (χ3n) is 3.04. The average molecular weight is 316 g/mol. The van der Waals surface area contributed by atoms with Crippen LogP contribution in [0.3, 0.4) is 0 Å². The summed E-state index contributed by atoms with van der Waals surface area (Å²) in [5.74, 6) is -0.243. The molecule has 19 heavy (non-hydrogen) atoms. The van der Waals surface area contributed by atoms with Gasteiger partial charge in [0, 0.05) is 16.3 Å². The normalized spacial score (nSPS) is 10.8. The largest absolute Gasteiger partial charge is 0.247 e. The van der Waals surface area contributed by atoms with Crippen LogP contribution in [-0.2, 0) is 5.33 Å². The van der Waals surface area contributed by atoms with Gasteiger partial charge in [0.2, 0.25) is 0 Å². The molecule has 0 saturated heterocycles. The van der Waals surface area contributed by atoms with Crippen LogP contribution in [-0.4, -0.2) is 4.98 Å². The Kier molecular flexibility index (Phi) is 3.30. The van der Waals surface area contributed by atoms with Crippen LogP contribution in [0.4, 0.5) is 4.39 Å². The fourth-order valence-electron chi connectivity index (χ4n) is 2.15. The number of hydrogen-bond donors (Lipinski definition) is 0. The monoisotopic (exact) mass is 315 g/mol. The summed E-state index contributed by atoms with van der Waals surface area (Å²) in [6.07, 6.45) is 0. The molecule has 2 aromatic carbocycles. The van der Waals surface area contributed by atoms with Crippen molar-refractivity contribution in [1.29, 1.82) is 0 Å². The molecule has 0 saturated carbocycles. The first-order chi connectivity index (χ1) is 9.28. The third kappa shape index (κ3) is 2.38. The van der Waals surface area contributed by atoms with Gasteiger partial charge >= 0.3 is 0 Å². The first-order valence-corrected chi connectivity index (χ1v) is 7.10. The number of rotatable bonds is 2. The van der Waals surface area contributed by atoms with E-state index in [0.29, 0.717) is 5.33 Å². The number of nitrogens with zero attached hydrogens (tertiary/aromatic N) is 1. The molecule has 0 amide bonds. The van der Waals surface area contributed by atoms with Crippen molar-refractivity contribution in [2.75, 3.05) is 0 Å². The molecule has 1 aromatic heterocycles. The molecule has 3 aromatic rings. The molecule has 0 unspecified atom stereocenters. The molecule has 3 heteroatoms. The van der Waals surface area contributed by atoms with Gasteiger partial charge < -0.3 is 0 Å². The SMILES string of the molecule is Fc1cccc(-c2nc3ccccc3cc2CBr)c1. The lowest BCUT2D eigenvalue weighted by molar-refractivity contribution is 0.628. The maximum absolute atomic E-state index is 13.4. The Morgan fingerprint density at radius 3 is 2.63 bits per heavy atom. The molecule has 0 N–H and O–H groups in total. The summed E-state index contributed by atoms with van der Waals surface area (Å²) in [5, 5.41) is 1.79. The summed E-state index contributed by atoms with van der Waals surface area (Å²) < 4.78 is 13.4. The van der Waals surface area contributed by atoms with Crippen molar-refractivity contribution in [2.24, 2.45) is 0 Å². The number of halogens is 2. The predicted molar refractivity (Wildman–Crippen MR) is 79.8 cm³/mol. The second kappa shape index (κ2) is 5.10. The van der Waals surface area contributed by atoms with Crippen LogP contribution in [0.15, 0.2) is 54.6 Å². The number of hydrogen-bond acceptors (Lipinski definition) is 1. The fraction of sp³-hybridized carbons (Fsp3) is 0.0625. The zero-order chi connectivity index (χ0) is 13.2. The average Bonchev–Trinajstić information content (AvgIpc) is 2.46. The highest BCUT2D eigenvalue weighted by Crippen LogP contribution is 2.27. The van der Waals surface area contributed by atoms with E-state index in [1.807, 2.05) is 30.3 Å². The maximum atomic E-state index is 13.4. The van der Waals surface area contributed by atoms with Gasteiger partial charge in [-0.25, -0.2) is 9.37 Å². The van der Waals surface area contributed by atoms with Gasteiger partial charge in [0.1, 0.15) is 5.82 Å². The molecule has 1 nitrogen and oxygen atoms in total. The van der Waals surface area contributed by atoms with Gasteiger partial charge in [-0.05, 0) is 29.8 Å². The lowest BCUT2D eigenvalue weighted by Crippen LogP contribution is -1.92. The van der Waals surface area contributed by atoms with Crippen molar-refractivity contribution in [3.63, 3.8) is 0 Å². The minimum atomic E-state index is -0.243. The van der Waals surface area contributed by atoms with E-state index in [1.54, 1.807) is 6.07 Å². The highest BCUT2D eigenvalue weighted by Gasteiger charge is 2.09. The first-order valence-electron chi connectivity index (χ1n) is 5.98. The van der Waals surface area contributed by atoms with Gasteiger partial charge in [-0.2, -0.15) is 0 Å². The molecule has 0 bridgehead atoms. The van der Waals surface area contributed by atoms with E-state index in [2.05, 4.69) is 27.0 Å². The molecular formula is C16H11BrFN. The number of para-hydroxylation sites is 1. The quantitative estimate of drug-likeness (QED) is 0.611. The van der Waals surface area contributed by atoms with Gasteiger partial charge in [-0.3, -0.25) is 0 Å². The molecule has 3 rings (SSSR count). The van der Waals surface area contributed by atoms with E-state index in [1.165, 1.54) is 12.1 Å². The maximum Gasteiger partial charge on any atom is 0.123 e. The van der Waals surface area contributed by atoms with Crippen LogP contribution in [0.5, 0.6) is 0 Å². The molecule has 94 valence electrons. The topological polar surface area (TPSA) is 12.9 Å². The standard InChI is InChI=1S/C16H11BrFN/c17-10-13-8-11-4-1-2-7-15(11)19-16(13)12-5-3-6-14(18)9-12/h1-9H,10H2. The lowest BCUT2D eigenvalue weighted by atomic mass is 10.0. The number of benzene rings is 2. The van der Waals surface area contributed by atoms with E-state index < -0.39 is 0 Å². The minimum Gasteiger partial charge on any atom is -0.247 e. The molecule has 0 atom stereocenters. The summed E-state index contributed by atoms with van der Waals surface area (Å²) in [5.41, 5.74) is 3.62. The number of fused-ring (bicyclic) bond motifs is 1. The van der Waals surface area contributed by atoms with Gasteiger partial charge in [0.25, 0.3) is 0 Å². The number of alkyl halides is 1. The van der Waals surface area contributed by atoms with Crippen LogP contribution >= 0.6 is 15.9 Å². The fourth-order valence-corrected chi connectivity index (χ4v) is 2.57. The molecule has 0 radical (unpaired) electrons. The Labute approximate surface area is 119 Å². The molecule has 0 aliphatic carbocycles. The Morgan fingerprint density at radius 2 is 1.84 bits per heavy atom. The summed E-state index contributed by atoms with van der Waals surface area (Å²) in [6.45, 7) is 0. The Balaban J connectivity index is 2.27. The molecular weight excluding hydrogens is 305 g/mol. The zero-order valence-electron chi connectivity index (χ0n) is 10.1. The van der Waals surface area contributed by atoms with Gasteiger partial charge in [0.05, 0.1) is 11.2 Å². The van der Waals surface area contributed by atoms with Gasteiger partial charge in [-0.1, -0.05) is 46.3 Å². The molecule has 0 aliphatic rings. The third-order valence-corrected chi connectivity index (χ3v) is 3.65. The van der Waals surface area contributed by atoms with E-state index in [9.17, 15) is 4.39 Å². The van der Waals surface area contributed by atoms with Crippen molar-refractivity contribution in [3.05, 3.63) is 66.0 Å². The second-order valence-electron chi connectivity index (χ2n) is 4.33. The molecule has 0 fully saturated rings.